The highest BCUT2D eigenvalue weighted by Crippen LogP contribution is 2.33. The Morgan fingerprint density at radius 2 is 2.17 bits per heavy atom. The molecule has 0 saturated heterocycles. The van der Waals surface area contributed by atoms with E-state index in [9.17, 15) is 4.79 Å². The summed E-state index contributed by atoms with van der Waals surface area (Å²) in [5.41, 5.74) is 2.87. The topological polar surface area (TPSA) is 60.1 Å². The van der Waals surface area contributed by atoms with Crippen molar-refractivity contribution in [3.05, 3.63) is 59.1 Å². The molecule has 0 spiro atoms. The fraction of sp³-hybridized carbons (Fsp3) is 0.176. The zero-order chi connectivity index (χ0) is 16.5. The number of nitrogens with one attached hydrogen (secondary N) is 1. The van der Waals surface area contributed by atoms with Gasteiger partial charge in [-0.2, -0.15) is 0 Å². The number of imidazole rings is 1. The van der Waals surface area contributed by atoms with Crippen LogP contribution < -0.4 is 5.32 Å². The van der Waals surface area contributed by atoms with Gasteiger partial charge in [0.15, 0.2) is 10.9 Å². The van der Waals surface area contributed by atoms with Gasteiger partial charge in [-0.15, -0.1) is 0 Å². The van der Waals surface area contributed by atoms with Gasteiger partial charge in [0.05, 0.1) is 24.2 Å². The third kappa shape index (κ3) is 2.83. The molecule has 0 aliphatic carbocycles. The predicted molar refractivity (Wildman–Crippen MR) is 93.3 cm³/mol. The Morgan fingerprint density at radius 3 is 2.92 bits per heavy atom. The number of fused-ring (bicyclic) bond motifs is 1. The molecule has 24 heavy (non-hydrogen) atoms. The van der Waals surface area contributed by atoms with Crippen LogP contribution in [-0.2, 0) is 13.1 Å². The van der Waals surface area contributed by atoms with Crippen molar-refractivity contribution in [3.63, 3.8) is 0 Å². The number of halogens is 1. The number of amides is 1. The van der Waals surface area contributed by atoms with Crippen LogP contribution in [0.25, 0.3) is 11.3 Å². The van der Waals surface area contributed by atoms with Crippen molar-refractivity contribution in [2.45, 2.75) is 18.2 Å². The molecule has 0 radical (unpaired) electrons. The average molecular weight is 360 g/mol. The first-order valence-electron chi connectivity index (χ1n) is 7.52. The highest BCUT2D eigenvalue weighted by Gasteiger charge is 2.23. The second-order valence-corrected chi connectivity index (χ2v) is 6.86. The van der Waals surface area contributed by atoms with Crippen LogP contribution in [0.1, 0.15) is 16.2 Å². The minimum Gasteiger partial charge on any atom is -0.459 e. The lowest BCUT2D eigenvalue weighted by atomic mass is 10.1. The molecule has 122 valence electrons. The first-order valence-corrected chi connectivity index (χ1v) is 8.88. The number of thioether (sulfide) groups is 1. The van der Waals surface area contributed by atoms with Gasteiger partial charge in [-0.3, -0.25) is 4.79 Å². The number of aromatic nitrogens is 2. The van der Waals surface area contributed by atoms with E-state index in [2.05, 4.69) is 9.88 Å². The zero-order valence-corrected chi connectivity index (χ0v) is 14.2. The highest BCUT2D eigenvalue weighted by molar-refractivity contribution is 7.99. The quantitative estimate of drug-likeness (QED) is 0.769. The van der Waals surface area contributed by atoms with Gasteiger partial charge in [0, 0.05) is 22.9 Å². The molecule has 3 heterocycles. The molecule has 0 atom stereocenters. The van der Waals surface area contributed by atoms with Crippen molar-refractivity contribution < 1.29 is 9.21 Å². The van der Waals surface area contributed by atoms with Gasteiger partial charge in [-0.25, -0.2) is 4.98 Å². The molecule has 1 amide bonds. The van der Waals surface area contributed by atoms with E-state index in [1.807, 2.05) is 24.3 Å². The lowest BCUT2D eigenvalue weighted by Crippen LogP contribution is -2.24. The summed E-state index contributed by atoms with van der Waals surface area (Å²) >= 11 is 7.70. The SMILES string of the molecule is O=C(NCc1c(-c2ccc(Cl)cc2)nc2n1CCS2)c1ccco1. The number of benzene rings is 1. The number of hydrogen-bond acceptors (Lipinski definition) is 4. The summed E-state index contributed by atoms with van der Waals surface area (Å²) in [6, 6.07) is 10.9. The van der Waals surface area contributed by atoms with Gasteiger partial charge in [-0.05, 0) is 24.3 Å². The van der Waals surface area contributed by atoms with Crippen molar-refractivity contribution in [3.8, 4) is 11.3 Å². The van der Waals surface area contributed by atoms with Crippen molar-refractivity contribution in [2.24, 2.45) is 0 Å². The molecule has 2 aromatic heterocycles. The molecule has 0 fully saturated rings. The van der Waals surface area contributed by atoms with Crippen LogP contribution in [0.2, 0.25) is 5.02 Å². The summed E-state index contributed by atoms with van der Waals surface area (Å²) in [7, 11) is 0. The maximum absolute atomic E-state index is 12.1. The monoisotopic (exact) mass is 359 g/mol. The Hall–Kier alpha value is -2.18. The molecule has 4 rings (SSSR count). The number of nitrogens with zero attached hydrogens (tertiary/aromatic N) is 2. The normalized spacial score (nSPS) is 13.0. The number of furan rings is 1. The van der Waals surface area contributed by atoms with Gasteiger partial charge >= 0.3 is 0 Å². The van der Waals surface area contributed by atoms with Crippen LogP contribution in [0.15, 0.2) is 52.2 Å². The third-order valence-electron chi connectivity index (χ3n) is 3.86. The Kier molecular flexibility index (Phi) is 4.08. The van der Waals surface area contributed by atoms with Gasteiger partial charge in [0.1, 0.15) is 0 Å². The van der Waals surface area contributed by atoms with Gasteiger partial charge in [0.2, 0.25) is 0 Å². The largest absolute Gasteiger partial charge is 0.459 e. The second kappa shape index (κ2) is 6.37. The standard InChI is InChI=1S/C17H14ClN3O2S/c18-12-5-3-11(4-6-12)15-13(21-7-9-24-17(21)20-15)10-19-16(22)14-2-1-8-23-14/h1-6,8H,7,9-10H2,(H,19,22). The van der Waals surface area contributed by atoms with Gasteiger partial charge in [0.25, 0.3) is 5.91 Å². The van der Waals surface area contributed by atoms with Gasteiger partial charge < -0.3 is 14.3 Å². The predicted octanol–water partition coefficient (Wildman–Crippen LogP) is 3.83. The van der Waals surface area contributed by atoms with E-state index >= 15 is 0 Å². The van der Waals surface area contributed by atoms with E-state index in [0.717, 1.165) is 34.4 Å². The molecular weight excluding hydrogens is 346 g/mol. The van der Waals surface area contributed by atoms with E-state index in [-0.39, 0.29) is 5.91 Å². The van der Waals surface area contributed by atoms with Crippen molar-refractivity contribution >= 4 is 29.3 Å². The van der Waals surface area contributed by atoms with E-state index < -0.39 is 0 Å². The van der Waals surface area contributed by atoms with Crippen LogP contribution in [0.5, 0.6) is 0 Å². The van der Waals surface area contributed by atoms with E-state index in [1.54, 1.807) is 23.9 Å². The summed E-state index contributed by atoms with van der Waals surface area (Å²) in [6.07, 6.45) is 1.49. The summed E-state index contributed by atoms with van der Waals surface area (Å²) in [6.45, 7) is 1.29. The Bertz CT molecular complexity index is 872. The van der Waals surface area contributed by atoms with Crippen LogP contribution in [0.3, 0.4) is 0 Å². The van der Waals surface area contributed by atoms with Crippen molar-refractivity contribution in [1.29, 1.82) is 0 Å². The molecule has 0 unspecified atom stereocenters. The smallest absolute Gasteiger partial charge is 0.287 e. The summed E-state index contributed by atoms with van der Waals surface area (Å²) in [4.78, 5) is 16.9. The van der Waals surface area contributed by atoms with Crippen LogP contribution in [0, 0.1) is 0 Å². The summed E-state index contributed by atoms with van der Waals surface area (Å²) in [5, 5.41) is 4.59. The first-order chi connectivity index (χ1) is 11.7. The molecule has 1 aliphatic rings. The fourth-order valence-electron chi connectivity index (χ4n) is 2.71. The molecular formula is C17H14ClN3O2S. The molecule has 0 bridgehead atoms. The molecule has 7 heteroatoms. The Balaban J connectivity index is 1.64. The first kappa shape index (κ1) is 15.4. The second-order valence-electron chi connectivity index (χ2n) is 5.36. The molecule has 0 saturated carbocycles. The van der Waals surface area contributed by atoms with Crippen molar-refractivity contribution in [1.82, 2.24) is 14.9 Å². The molecule has 1 aromatic carbocycles. The zero-order valence-electron chi connectivity index (χ0n) is 12.7. The molecule has 1 aliphatic heterocycles. The van der Waals surface area contributed by atoms with Crippen molar-refractivity contribution in [2.75, 3.05) is 5.75 Å². The van der Waals surface area contributed by atoms with E-state index in [1.165, 1.54) is 6.26 Å². The number of carbonyl (C=O) groups is 1. The molecule has 1 N–H and O–H groups in total. The Labute approximate surface area is 148 Å². The van der Waals surface area contributed by atoms with E-state index in [0.29, 0.717) is 17.3 Å². The highest BCUT2D eigenvalue weighted by atomic mass is 35.5. The maximum atomic E-state index is 12.1. The summed E-state index contributed by atoms with van der Waals surface area (Å²) < 4.78 is 7.30. The number of rotatable bonds is 4. The minimum absolute atomic E-state index is 0.233. The lowest BCUT2D eigenvalue weighted by molar-refractivity contribution is 0.0922. The maximum Gasteiger partial charge on any atom is 0.287 e. The molecule has 3 aromatic rings. The summed E-state index contributed by atoms with van der Waals surface area (Å²) in [5.74, 6) is 1.07. The van der Waals surface area contributed by atoms with Gasteiger partial charge in [-0.1, -0.05) is 35.5 Å². The third-order valence-corrected chi connectivity index (χ3v) is 5.07. The van der Waals surface area contributed by atoms with E-state index in [4.69, 9.17) is 21.0 Å². The lowest BCUT2D eigenvalue weighted by Gasteiger charge is -2.09. The Morgan fingerprint density at radius 1 is 1.33 bits per heavy atom. The number of carbonyl (C=O) groups excluding carboxylic acids is 1. The molecule has 5 nitrogen and oxygen atoms in total. The van der Waals surface area contributed by atoms with Crippen LogP contribution >= 0.6 is 23.4 Å². The van der Waals surface area contributed by atoms with Crippen LogP contribution in [-0.4, -0.2) is 21.2 Å². The average Bonchev–Trinajstić information content (AvgIpc) is 3.31. The minimum atomic E-state index is -0.233. The van der Waals surface area contributed by atoms with Crippen LogP contribution in [0.4, 0.5) is 0 Å². The number of hydrogen-bond donors (Lipinski definition) is 1. The fourth-order valence-corrected chi connectivity index (χ4v) is 3.81.